The van der Waals surface area contributed by atoms with Gasteiger partial charge in [-0.05, 0) is 36.8 Å². The molecule has 0 aliphatic heterocycles. The minimum atomic E-state index is 0.0974. The number of hydrogen-bond acceptors (Lipinski definition) is 2. The lowest BCUT2D eigenvalue weighted by Gasteiger charge is -2.34. The molecule has 0 bridgehead atoms. The van der Waals surface area contributed by atoms with Crippen LogP contribution in [0.1, 0.15) is 88.2 Å². The van der Waals surface area contributed by atoms with E-state index in [9.17, 15) is 9.59 Å². The normalized spacial score (nSPS) is 18.0. The summed E-state index contributed by atoms with van der Waals surface area (Å²) in [5, 5.41) is 0. The molecule has 3 rings (SSSR count). The summed E-state index contributed by atoms with van der Waals surface area (Å²) in [5.74, 6) is 0. The molecule has 2 aliphatic rings. The van der Waals surface area contributed by atoms with Crippen LogP contribution in [0.25, 0.3) is 0 Å². The fourth-order valence-electron chi connectivity index (χ4n) is 5.58. The smallest absolute Gasteiger partial charge is 0.320 e. The molecule has 0 N–H and O–H groups in total. The van der Waals surface area contributed by atoms with E-state index < -0.39 is 0 Å². The van der Waals surface area contributed by atoms with E-state index in [0.29, 0.717) is 25.2 Å². The second kappa shape index (κ2) is 13.0. The summed E-state index contributed by atoms with van der Waals surface area (Å²) < 4.78 is 0. The fraction of sp³-hybridized carbons (Fsp3) is 0.714. The molecule has 0 heterocycles. The highest BCUT2D eigenvalue weighted by molar-refractivity contribution is 5.74. The molecule has 6 heteroatoms. The second-order valence-corrected chi connectivity index (χ2v) is 10.7. The highest BCUT2D eigenvalue weighted by Gasteiger charge is 2.28. The molecular formula is C28H46N4O2. The first-order valence-corrected chi connectivity index (χ1v) is 13.4. The van der Waals surface area contributed by atoms with Crippen molar-refractivity contribution in [3.63, 3.8) is 0 Å². The van der Waals surface area contributed by atoms with Crippen LogP contribution in [0, 0.1) is 0 Å². The topological polar surface area (TPSA) is 47.1 Å². The van der Waals surface area contributed by atoms with Crippen LogP contribution in [0.15, 0.2) is 24.3 Å². The number of urea groups is 2. The average Bonchev–Trinajstić information content (AvgIpc) is 3.26. The predicted molar refractivity (Wildman–Crippen MR) is 139 cm³/mol. The van der Waals surface area contributed by atoms with E-state index in [1.165, 1.54) is 51.4 Å². The van der Waals surface area contributed by atoms with Gasteiger partial charge in [0, 0.05) is 53.4 Å². The maximum atomic E-state index is 13.1. The predicted octanol–water partition coefficient (Wildman–Crippen LogP) is 6.10. The van der Waals surface area contributed by atoms with Crippen LogP contribution in [-0.2, 0) is 13.1 Å². The summed E-state index contributed by atoms with van der Waals surface area (Å²) in [4.78, 5) is 33.8. The van der Waals surface area contributed by atoms with E-state index in [1.54, 1.807) is 9.80 Å². The molecule has 190 valence electrons. The Balaban J connectivity index is 1.78. The van der Waals surface area contributed by atoms with Gasteiger partial charge in [-0.3, -0.25) is 0 Å². The maximum absolute atomic E-state index is 13.1. The zero-order valence-electron chi connectivity index (χ0n) is 22.0. The van der Waals surface area contributed by atoms with Crippen LogP contribution in [-0.4, -0.2) is 71.9 Å². The Bertz CT molecular complexity index is 717. The van der Waals surface area contributed by atoms with Crippen LogP contribution in [0.4, 0.5) is 9.59 Å². The van der Waals surface area contributed by atoms with Crippen molar-refractivity contribution >= 4 is 12.1 Å². The largest absolute Gasteiger partial charge is 0.331 e. The first kappa shape index (κ1) is 26.4. The van der Waals surface area contributed by atoms with Gasteiger partial charge in [-0.25, -0.2) is 9.59 Å². The Morgan fingerprint density at radius 3 is 1.32 bits per heavy atom. The third-order valence-electron chi connectivity index (χ3n) is 7.48. The third-order valence-corrected chi connectivity index (χ3v) is 7.48. The van der Waals surface area contributed by atoms with Crippen molar-refractivity contribution in [1.29, 1.82) is 0 Å². The van der Waals surface area contributed by atoms with Gasteiger partial charge in [-0.15, -0.1) is 0 Å². The van der Waals surface area contributed by atoms with Crippen LogP contribution in [0.5, 0.6) is 0 Å². The van der Waals surface area contributed by atoms with Crippen molar-refractivity contribution in [3.05, 3.63) is 35.4 Å². The number of amides is 4. The maximum Gasteiger partial charge on any atom is 0.320 e. The molecule has 2 aliphatic carbocycles. The van der Waals surface area contributed by atoms with Crippen molar-refractivity contribution in [3.8, 4) is 0 Å². The zero-order valence-corrected chi connectivity index (χ0v) is 22.0. The Hall–Kier alpha value is -2.24. The van der Waals surface area contributed by atoms with Gasteiger partial charge in [0.2, 0.25) is 0 Å². The fourth-order valence-corrected chi connectivity index (χ4v) is 5.58. The Labute approximate surface area is 207 Å². The van der Waals surface area contributed by atoms with Crippen molar-refractivity contribution < 1.29 is 9.59 Å². The third kappa shape index (κ3) is 7.38. The highest BCUT2D eigenvalue weighted by atomic mass is 16.2. The zero-order chi connectivity index (χ0) is 24.5. The minimum absolute atomic E-state index is 0.0974. The summed E-state index contributed by atoms with van der Waals surface area (Å²) in [7, 11) is 7.39. The van der Waals surface area contributed by atoms with Gasteiger partial charge in [-0.1, -0.05) is 75.6 Å². The summed E-state index contributed by atoms with van der Waals surface area (Å²) in [6.45, 7) is 1.25. The summed E-state index contributed by atoms with van der Waals surface area (Å²) in [6, 6.07) is 9.35. The van der Waals surface area contributed by atoms with E-state index in [0.717, 1.165) is 36.8 Å². The second-order valence-electron chi connectivity index (χ2n) is 10.7. The molecule has 2 saturated carbocycles. The van der Waals surface area contributed by atoms with Gasteiger partial charge in [0.1, 0.15) is 0 Å². The van der Waals surface area contributed by atoms with Gasteiger partial charge >= 0.3 is 12.1 Å². The molecule has 6 nitrogen and oxygen atoms in total. The van der Waals surface area contributed by atoms with Crippen LogP contribution in [0.2, 0.25) is 0 Å². The van der Waals surface area contributed by atoms with E-state index in [1.807, 2.05) is 28.2 Å². The van der Waals surface area contributed by atoms with E-state index >= 15 is 0 Å². The van der Waals surface area contributed by atoms with Crippen molar-refractivity contribution in [2.45, 2.75) is 102 Å². The van der Waals surface area contributed by atoms with Gasteiger partial charge in [0.25, 0.3) is 0 Å². The molecule has 1 aromatic rings. The number of hydrogen-bond donors (Lipinski definition) is 0. The lowest BCUT2D eigenvalue weighted by molar-refractivity contribution is 0.137. The van der Waals surface area contributed by atoms with Gasteiger partial charge < -0.3 is 19.6 Å². The van der Waals surface area contributed by atoms with E-state index in [-0.39, 0.29) is 12.1 Å². The van der Waals surface area contributed by atoms with Crippen molar-refractivity contribution in [1.82, 2.24) is 19.6 Å². The summed E-state index contributed by atoms with van der Waals surface area (Å²) in [5.41, 5.74) is 2.30. The number of benzene rings is 1. The SMILES string of the molecule is CN(C)C(=O)N(Cc1cccc(CN(C(=O)N(C)C)C2CCCCCC2)c1)C1CCCCCC1. The Kier molecular flexibility index (Phi) is 10.1. The average molecular weight is 471 g/mol. The first-order chi connectivity index (χ1) is 16.4. The molecule has 0 unspecified atom stereocenters. The summed E-state index contributed by atoms with van der Waals surface area (Å²) >= 11 is 0. The lowest BCUT2D eigenvalue weighted by Crippen LogP contribution is -2.45. The Morgan fingerprint density at radius 2 is 1.00 bits per heavy atom. The minimum Gasteiger partial charge on any atom is -0.331 e. The molecular weight excluding hydrogens is 424 g/mol. The number of carbonyl (C=O) groups excluding carboxylic acids is 2. The van der Waals surface area contributed by atoms with Crippen LogP contribution in [0.3, 0.4) is 0 Å². The molecule has 34 heavy (non-hydrogen) atoms. The standard InChI is InChI=1S/C28H46N4O2/c1-29(2)27(33)31(25-16-9-5-6-10-17-25)21-23-14-13-15-24(20-23)22-32(28(34)30(3)4)26-18-11-7-8-12-19-26/h13-15,20,25-26H,5-12,16-19,21-22H2,1-4H3. The monoisotopic (exact) mass is 470 g/mol. The number of nitrogens with zero attached hydrogens (tertiary/aromatic N) is 4. The molecule has 0 spiro atoms. The molecule has 1 aromatic carbocycles. The van der Waals surface area contributed by atoms with Crippen LogP contribution >= 0.6 is 0 Å². The number of carbonyl (C=O) groups is 2. The Morgan fingerprint density at radius 1 is 0.647 bits per heavy atom. The molecule has 0 atom stereocenters. The van der Waals surface area contributed by atoms with Gasteiger partial charge in [0.15, 0.2) is 0 Å². The molecule has 2 fully saturated rings. The van der Waals surface area contributed by atoms with Gasteiger partial charge in [0.05, 0.1) is 0 Å². The van der Waals surface area contributed by atoms with Crippen molar-refractivity contribution in [2.24, 2.45) is 0 Å². The molecule has 0 aromatic heterocycles. The van der Waals surface area contributed by atoms with Gasteiger partial charge in [-0.2, -0.15) is 0 Å². The molecule has 0 saturated heterocycles. The highest BCUT2D eigenvalue weighted by Crippen LogP contribution is 2.26. The summed E-state index contributed by atoms with van der Waals surface area (Å²) in [6.07, 6.45) is 14.2. The molecule has 4 amide bonds. The first-order valence-electron chi connectivity index (χ1n) is 13.4. The van der Waals surface area contributed by atoms with Crippen LogP contribution < -0.4 is 0 Å². The lowest BCUT2D eigenvalue weighted by atomic mass is 10.0. The molecule has 0 radical (unpaired) electrons. The van der Waals surface area contributed by atoms with Crippen molar-refractivity contribution in [2.75, 3.05) is 28.2 Å². The van der Waals surface area contributed by atoms with E-state index in [4.69, 9.17) is 0 Å². The quantitative estimate of drug-likeness (QED) is 0.472. The van der Waals surface area contributed by atoms with E-state index in [2.05, 4.69) is 34.1 Å². The number of rotatable bonds is 6.